The maximum atomic E-state index is 12.2. The molecule has 2 bridgehead atoms. The molecular formula is C16H23N3O2. The number of hydrogen-bond acceptors (Lipinski definition) is 4. The van der Waals surface area contributed by atoms with Crippen molar-refractivity contribution in [3.63, 3.8) is 0 Å². The molecule has 3 atom stereocenters. The third-order valence-electron chi connectivity index (χ3n) is 4.11. The number of amides is 1. The number of nitrogens with zero attached hydrogens (tertiary/aromatic N) is 2. The van der Waals surface area contributed by atoms with Crippen LogP contribution in [-0.4, -0.2) is 47.1 Å². The SMILES string of the molecule is CC(C)NC(=O)[C@@H]1C[C@H]2CN(Cc3ccccn3)C[C@@H]1O2. The van der Waals surface area contributed by atoms with Gasteiger partial charge in [-0.15, -0.1) is 0 Å². The Morgan fingerprint density at radius 1 is 1.48 bits per heavy atom. The Morgan fingerprint density at radius 3 is 3.05 bits per heavy atom. The molecular weight excluding hydrogens is 266 g/mol. The standard InChI is InChI=1S/C16H23N3O2/c1-11(2)18-16(20)14-7-13-9-19(10-15(14)21-13)8-12-5-3-4-6-17-12/h3-6,11,13-15H,7-10H2,1-2H3,(H,18,20)/t13-,14+,15-/m0/s1. The molecule has 21 heavy (non-hydrogen) atoms. The van der Waals surface area contributed by atoms with Crippen molar-refractivity contribution in [1.82, 2.24) is 15.2 Å². The molecule has 0 spiro atoms. The molecule has 2 aliphatic heterocycles. The first kappa shape index (κ1) is 14.5. The zero-order valence-electron chi connectivity index (χ0n) is 12.7. The maximum Gasteiger partial charge on any atom is 0.226 e. The second-order valence-electron chi connectivity index (χ2n) is 6.32. The first-order chi connectivity index (χ1) is 10.1. The third kappa shape index (κ3) is 3.41. The number of pyridine rings is 1. The van der Waals surface area contributed by atoms with E-state index in [-0.39, 0.29) is 30.1 Å². The van der Waals surface area contributed by atoms with Crippen LogP contribution in [0.3, 0.4) is 0 Å². The van der Waals surface area contributed by atoms with Gasteiger partial charge in [0.15, 0.2) is 0 Å². The summed E-state index contributed by atoms with van der Waals surface area (Å²) in [6.45, 7) is 6.51. The molecule has 3 rings (SSSR count). The van der Waals surface area contributed by atoms with Crippen LogP contribution in [0.5, 0.6) is 0 Å². The molecule has 1 aromatic heterocycles. The lowest BCUT2D eigenvalue weighted by Gasteiger charge is -2.32. The van der Waals surface area contributed by atoms with Gasteiger partial charge in [-0.1, -0.05) is 6.07 Å². The molecule has 3 heterocycles. The summed E-state index contributed by atoms with van der Waals surface area (Å²) in [5.74, 6) is 0.128. The third-order valence-corrected chi connectivity index (χ3v) is 4.11. The van der Waals surface area contributed by atoms with Crippen LogP contribution in [0.15, 0.2) is 24.4 Å². The van der Waals surface area contributed by atoms with Crippen LogP contribution in [0.4, 0.5) is 0 Å². The highest BCUT2D eigenvalue weighted by molar-refractivity contribution is 5.80. The average Bonchev–Trinajstić information content (AvgIpc) is 2.74. The smallest absolute Gasteiger partial charge is 0.226 e. The summed E-state index contributed by atoms with van der Waals surface area (Å²) in [4.78, 5) is 19.0. The molecule has 5 nitrogen and oxygen atoms in total. The summed E-state index contributed by atoms with van der Waals surface area (Å²) < 4.78 is 5.96. The monoisotopic (exact) mass is 289 g/mol. The van der Waals surface area contributed by atoms with Crippen molar-refractivity contribution in [3.8, 4) is 0 Å². The Hall–Kier alpha value is -1.46. The summed E-state index contributed by atoms with van der Waals surface area (Å²) in [5, 5.41) is 3.01. The van der Waals surface area contributed by atoms with Crippen molar-refractivity contribution in [3.05, 3.63) is 30.1 Å². The Kier molecular flexibility index (Phi) is 4.22. The van der Waals surface area contributed by atoms with Gasteiger partial charge in [-0.25, -0.2) is 0 Å². The second kappa shape index (κ2) is 6.12. The Labute approximate surface area is 125 Å². The summed E-state index contributed by atoms with van der Waals surface area (Å²) >= 11 is 0. The van der Waals surface area contributed by atoms with Crippen LogP contribution in [0.2, 0.25) is 0 Å². The second-order valence-corrected chi connectivity index (χ2v) is 6.32. The zero-order valence-corrected chi connectivity index (χ0v) is 12.7. The minimum atomic E-state index is -0.00821. The number of morpholine rings is 1. The van der Waals surface area contributed by atoms with Gasteiger partial charge in [0, 0.05) is 31.9 Å². The highest BCUT2D eigenvalue weighted by Crippen LogP contribution is 2.32. The Morgan fingerprint density at radius 2 is 2.33 bits per heavy atom. The minimum absolute atomic E-state index is 0.00821. The number of likely N-dealkylation sites (tertiary alicyclic amines) is 1. The number of carbonyl (C=O) groups is 1. The van der Waals surface area contributed by atoms with E-state index >= 15 is 0 Å². The number of rotatable bonds is 4. The highest BCUT2D eigenvalue weighted by Gasteiger charge is 2.44. The van der Waals surface area contributed by atoms with Crippen molar-refractivity contribution < 1.29 is 9.53 Å². The van der Waals surface area contributed by atoms with Crippen LogP contribution in [0, 0.1) is 5.92 Å². The van der Waals surface area contributed by atoms with Crippen molar-refractivity contribution in [2.45, 2.75) is 45.1 Å². The lowest BCUT2D eigenvalue weighted by molar-refractivity contribution is -0.128. The Balaban J connectivity index is 1.61. The molecule has 2 saturated heterocycles. The largest absolute Gasteiger partial charge is 0.371 e. The number of ether oxygens (including phenoxy) is 1. The predicted molar refractivity (Wildman–Crippen MR) is 79.6 cm³/mol. The lowest BCUT2D eigenvalue weighted by Crippen LogP contribution is -2.45. The van der Waals surface area contributed by atoms with Gasteiger partial charge < -0.3 is 10.1 Å². The minimum Gasteiger partial charge on any atom is -0.371 e. The van der Waals surface area contributed by atoms with E-state index in [1.165, 1.54) is 0 Å². The molecule has 0 unspecified atom stereocenters. The fraction of sp³-hybridized carbons (Fsp3) is 0.625. The van der Waals surface area contributed by atoms with E-state index in [0.29, 0.717) is 0 Å². The molecule has 1 amide bonds. The summed E-state index contributed by atoms with van der Waals surface area (Å²) in [5.41, 5.74) is 1.07. The molecule has 114 valence electrons. The van der Waals surface area contributed by atoms with E-state index in [1.807, 2.05) is 38.2 Å². The zero-order chi connectivity index (χ0) is 14.8. The summed E-state index contributed by atoms with van der Waals surface area (Å²) in [7, 11) is 0. The van der Waals surface area contributed by atoms with Gasteiger partial charge >= 0.3 is 0 Å². The molecule has 1 aromatic rings. The molecule has 1 N–H and O–H groups in total. The van der Waals surface area contributed by atoms with Crippen LogP contribution in [0.25, 0.3) is 0 Å². The fourth-order valence-corrected chi connectivity index (χ4v) is 3.25. The van der Waals surface area contributed by atoms with Gasteiger partial charge in [-0.3, -0.25) is 14.7 Å². The van der Waals surface area contributed by atoms with Gasteiger partial charge in [0.05, 0.1) is 23.8 Å². The molecule has 2 aliphatic rings. The van der Waals surface area contributed by atoms with Gasteiger partial charge in [0.1, 0.15) is 0 Å². The van der Waals surface area contributed by atoms with E-state index < -0.39 is 0 Å². The average molecular weight is 289 g/mol. The topological polar surface area (TPSA) is 54.5 Å². The van der Waals surface area contributed by atoms with Crippen LogP contribution < -0.4 is 5.32 Å². The number of nitrogens with one attached hydrogen (secondary N) is 1. The molecule has 0 aliphatic carbocycles. The number of carbonyl (C=O) groups excluding carboxylic acids is 1. The quantitative estimate of drug-likeness (QED) is 0.905. The van der Waals surface area contributed by atoms with E-state index in [9.17, 15) is 4.79 Å². The molecule has 0 radical (unpaired) electrons. The highest BCUT2D eigenvalue weighted by atomic mass is 16.5. The van der Waals surface area contributed by atoms with E-state index in [2.05, 4.69) is 15.2 Å². The van der Waals surface area contributed by atoms with Crippen molar-refractivity contribution in [2.75, 3.05) is 13.1 Å². The Bertz CT molecular complexity index is 492. The number of aromatic nitrogens is 1. The van der Waals surface area contributed by atoms with Crippen molar-refractivity contribution >= 4 is 5.91 Å². The van der Waals surface area contributed by atoms with Crippen LogP contribution in [0.1, 0.15) is 26.0 Å². The van der Waals surface area contributed by atoms with Crippen molar-refractivity contribution in [2.24, 2.45) is 5.92 Å². The summed E-state index contributed by atoms with van der Waals surface area (Å²) in [6, 6.07) is 6.16. The number of hydrogen-bond donors (Lipinski definition) is 1. The van der Waals surface area contributed by atoms with E-state index in [1.54, 1.807) is 0 Å². The lowest BCUT2D eigenvalue weighted by atomic mass is 9.99. The first-order valence-electron chi connectivity index (χ1n) is 7.70. The predicted octanol–water partition coefficient (Wildman–Crippen LogP) is 1.20. The van der Waals surface area contributed by atoms with Crippen molar-refractivity contribution in [1.29, 1.82) is 0 Å². The van der Waals surface area contributed by atoms with E-state index in [0.717, 1.165) is 31.7 Å². The van der Waals surface area contributed by atoms with Crippen LogP contribution >= 0.6 is 0 Å². The van der Waals surface area contributed by atoms with Crippen LogP contribution in [-0.2, 0) is 16.1 Å². The van der Waals surface area contributed by atoms with Gasteiger partial charge in [-0.2, -0.15) is 0 Å². The summed E-state index contributed by atoms with van der Waals surface area (Å²) in [6.07, 6.45) is 2.85. The maximum absolute atomic E-state index is 12.2. The first-order valence-corrected chi connectivity index (χ1v) is 7.70. The van der Waals surface area contributed by atoms with Gasteiger partial charge in [0.25, 0.3) is 0 Å². The van der Waals surface area contributed by atoms with Gasteiger partial charge in [-0.05, 0) is 32.4 Å². The molecule has 5 heteroatoms. The molecule has 2 fully saturated rings. The molecule has 0 saturated carbocycles. The fourth-order valence-electron chi connectivity index (χ4n) is 3.25. The molecule has 0 aromatic carbocycles. The normalized spacial score (nSPS) is 28.8. The van der Waals surface area contributed by atoms with E-state index in [4.69, 9.17) is 4.74 Å². The number of fused-ring (bicyclic) bond motifs is 2. The van der Waals surface area contributed by atoms with Gasteiger partial charge in [0.2, 0.25) is 5.91 Å².